The molecule has 1 atom stereocenters. The number of nitrogens with zero attached hydrogens (tertiary/aromatic N) is 2. The Morgan fingerprint density at radius 3 is 2.07 bits per heavy atom. The monoisotopic (exact) mass is 399 g/mol. The molecule has 3 aliphatic rings. The maximum atomic E-state index is 12.7. The van der Waals surface area contributed by atoms with Crippen molar-refractivity contribution in [1.29, 1.82) is 0 Å². The van der Waals surface area contributed by atoms with Crippen LogP contribution in [0.25, 0.3) is 0 Å². The van der Waals surface area contributed by atoms with Crippen LogP contribution in [0.15, 0.2) is 0 Å². The zero-order valence-corrected chi connectivity index (χ0v) is 17.9. The summed E-state index contributed by atoms with van der Waals surface area (Å²) in [5.41, 5.74) is 0. The molecule has 0 saturated carbocycles. The van der Waals surface area contributed by atoms with Gasteiger partial charge in [0.25, 0.3) is 0 Å². The van der Waals surface area contributed by atoms with Gasteiger partial charge in [0.2, 0.25) is 11.8 Å². The highest BCUT2D eigenvalue weighted by atomic mass is 35.5. The number of likely N-dealkylation sites (tertiary alicyclic amines) is 2. The van der Waals surface area contributed by atoms with Crippen molar-refractivity contribution in [3.05, 3.63) is 0 Å². The van der Waals surface area contributed by atoms with E-state index < -0.39 is 0 Å². The van der Waals surface area contributed by atoms with E-state index in [4.69, 9.17) is 0 Å². The molecular formula is C21H38ClN3O2. The topological polar surface area (TPSA) is 52.7 Å². The van der Waals surface area contributed by atoms with E-state index in [2.05, 4.69) is 24.1 Å². The normalized spacial score (nSPS) is 24.4. The molecule has 2 amide bonds. The number of amides is 2. The number of hydrogen-bond donors (Lipinski definition) is 1. The number of hydrogen-bond acceptors (Lipinski definition) is 3. The minimum atomic E-state index is 0. The highest BCUT2D eigenvalue weighted by Crippen LogP contribution is 2.27. The first-order valence-corrected chi connectivity index (χ1v) is 10.8. The first-order valence-electron chi connectivity index (χ1n) is 10.8. The van der Waals surface area contributed by atoms with E-state index in [0.29, 0.717) is 30.1 Å². The van der Waals surface area contributed by atoms with E-state index in [1.807, 2.05) is 4.90 Å². The Balaban J connectivity index is 0.00000261. The Hall–Kier alpha value is -0.810. The fourth-order valence-electron chi connectivity index (χ4n) is 4.85. The summed E-state index contributed by atoms with van der Waals surface area (Å²) in [6.45, 7) is 10.1. The molecule has 5 nitrogen and oxygen atoms in total. The fraction of sp³-hybridized carbons (Fsp3) is 0.905. The second-order valence-electron chi connectivity index (χ2n) is 8.93. The molecule has 0 radical (unpaired) electrons. The number of carbonyl (C=O) groups excluding carboxylic acids is 2. The van der Waals surface area contributed by atoms with Gasteiger partial charge in [-0.3, -0.25) is 9.59 Å². The summed E-state index contributed by atoms with van der Waals surface area (Å²) in [4.78, 5) is 29.5. The average Bonchev–Trinajstić information content (AvgIpc) is 2.69. The van der Waals surface area contributed by atoms with E-state index in [0.717, 1.165) is 70.9 Å². The first kappa shape index (κ1) is 22.5. The zero-order valence-electron chi connectivity index (χ0n) is 17.1. The van der Waals surface area contributed by atoms with Gasteiger partial charge < -0.3 is 15.1 Å². The maximum absolute atomic E-state index is 12.7. The summed E-state index contributed by atoms with van der Waals surface area (Å²) in [6, 6.07) is 0. The molecule has 3 rings (SSSR count). The Morgan fingerprint density at radius 2 is 1.48 bits per heavy atom. The molecule has 1 N–H and O–H groups in total. The van der Waals surface area contributed by atoms with E-state index in [9.17, 15) is 9.59 Å². The van der Waals surface area contributed by atoms with Crippen LogP contribution in [0.3, 0.4) is 0 Å². The smallest absolute Gasteiger partial charge is 0.225 e. The standard InChI is InChI=1S/C21H37N3O2.ClH/c1-16-5-11-24(12-6-16)21(26)19-7-13-23(14-8-19)20(25)15-17(2)18-3-9-22-10-4-18;/h16-19,22H,3-15H2,1-2H3;1H. The summed E-state index contributed by atoms with van der Waals surface area (Å²) in [7, 11) is 0. The summed E-state index contributed by atoms with van der Waals surface area (Å²) in [5.74, 6) is 2.68. The van der Waals surface area contributed by atoms with Gasteiger partial charge in [0, 0.05) is 38.5 Å². The molecular weight excluding hydrogens is 362 g/mol. The minimum absolute atomic E-state index is 0. The summed E-state index contributed by atoms with van der Waals surface area (Å²) in [5, 5.41) is 3.40. The van der Waals surface area contributed by atoms with Crippen LogP contribution in [0.1, 0.15) is 58.8 Å². The Labute approximate surface area is 171 Å². The van der Waals surface area contributed by atoms with Crippen LogP contribution in [-0.4, -0.2) is 60.9 Å². The molecule has 0 aromatic heterocycles. The molecule has 3 aliphatic heterocycles. The maximum Gasteiger partial charge on any atom is 0.225 e. The lowest BCUT2D eigenvalue weighted by Crippen LogP contribution is -2.46. The van der Waals surface area contributed by atoms with Crippen LogP contribution in [-0.2, 0) is 9.59 Å². The molecule has 3 heterocycles. The number of piperidine rings is 3. The Bertz CT molecular complexity index is 480. The van der Waals surface area contributed by atoms with Crippen molar-refractivity contribution >= 4 is 24.2 Å². The summed E-state index contributed by atoms with van der Waals surface area (Å²) < 4.78 is 0. The Morgan fingerprint density at radius 1 is 0.926 bits per heavy atom. The number of carbonyl (C=O) groups is 2. The zero-order chi connectivity index (χ0) is 18.5. The third-order valence-electron chi connectivity index (χ3n) is 6.98. The van der Waals surface area contributed by atoms with Crippen LogP contribution in [0.2, 0.25) is 0 Å². The van der Waals surface area contributed by atoms with Gasteiger partial charge in [0.15, 0.2) is 0 Å². The SMILES string of the molecule is CC1CCN(C(=O)C2CCN(C(=O)CC(C)C3CCNCC3)CC2)CC1.Cl. The lowest BCUT2D eigenvalue weighted by atomic mass is 9.83. The van der Waals surface area contributed by atoms with Gasteiger partial charge in [-0.2, -0.15) is 0 Å². The van der Waals surface area contributed by atoms with Crippen molar-refractivity contribution in [2.75, 3.05) is 39.3 Å². The Kier molecular flexibility index (Phi) is 8.87. The van der Waals surface area contributed by atoms with Crippen molar-refractivity contribution in [3.63, 3.8) is 0 Å². The van der Waals surface area contributed by atoms with Crippen LogP contribution >= 0.6 is 12.4 Å². The van der Waals surface area contributed by atoms with E-state index in [1.165, 1.54) is 12.8 Å². The second kappa shape index (κ2) is 10.7. The second-order valence-corrected chi connectivity index (χ2v) is 8.93. The van der Waals surface area contributed by atoms with Gasteiger partial charge in [-0.25, -0.2) is 0 Å². The van der Waals surface area contributed by atoms with Crippen LogP contribution in [0, 0.1) is 23.7 Å². The van der Waals surface area contributed by atoms with E-state index >= 15 is 0 Å². The fourth-order valence-corrected chi connectivity index (χ4v) is 4.85. The first-order chi connectivity index (χ1) is 12.5. The number of halogens is 1. The quantitative estimate of drug-likeness (QED) is 0.790. The van der Waals surface area contributed by atoms with Crippen molar-refractivity contribution in [3.8, 4) is 0 Å². The largest absolute Gasteiger partial charge is 0.343 e. The molecule has 0 aromatic carbocycles. The molecule has 0 bridgehead atoms. The molecule has 0 aromatic rings. The van der Waals surface area contributed by atoms with Crippen LogP contribution in [0.5, 0.6) is 0 Å². The third-order valence-corrected chi connectivity index (χ3v) is 6.98. The average molecular weight is 400 g/mol. The minimum Gasteiger partial charge on any atom is -0.343 e. The lowest BCUT2D eigenvalue weighted by Gasteiger charge is -2.37. The van der Waals surface area contributed by atoms with Gasteiger partial charge in [-0.05, 0) is 69.4 Å². The van der Waals surface area contributed by atoms with E-state index in [-0.39, 0.29) is 18.3 Å². The van der Waals surface area contributed by atoms with E-state index in [1.54, 1.807) is 0 Å². The van der Waals surface area contributed by atoms with Gasteiger partial charge in [-0.1, -0.05) is 13.8 Å². The summed E-state index contributed by atoms with van der Waals surface area (Å²) in [6.07, 6.45) is 7.03. The number of rotatable bonds is 4. The molecule has 6 heteroatoms. The molecule has 3 fully saturated rings. The highest BCUT2D eigenvalue weighted by Gasteiger charge is 2.32. The van der Waals surface area contributed by atoms with Crippen molar-refractivity contribution in [2.24, 2.45) is 23.7 Å². The molecule has 0 aliphatic carbocycles. The molecule has 3 saturated heterocycles. The van der Waals surface area contributed by atoms with Gasteiger partial charge >= 0.3 is 0 Å². The van der Waals surface area contributed by atoms with Crippen molar-refractivity contribution in [1.82, 2.24) is 15.1 Å². The predicted octanol–water partition coefficient (Wildman–Crippen LogP) is 2.93. The molecule has 1 unspecified atom stereocenters. The molecule has 156 valence electrons. The summed E-state index contributed by atoms with van der Waals surface area (Å²) >= 11 is 0. The van der Waals surface area contributed by atoms with Crippen LogP contribution in [0.4, 0.5) is 0 Å². The van der Waals surface area contributed by atoms with Crippen molar-refractivity contribution < 1.29 is 9.59 Å². The van der Waals surface area contributed by atoms with Gasteiger partial charge in [0.1, 0.15) is 0 Å². The van der Waals surface area contributed by atoms with Gasteiger partial charge in [0.05, 0.1) is 0 Å². The van der Waals surface area contributed by atoms with Crippen LogP contribution < -0.4 is 5.32 Å². The predicted molar refractivity (Wildman–Crippen MR) is 111 cm³/mol. The molecule has 0 spiro atoms. The van der Waals surface area contributed by atoms with Gasteiger partial charge in [-0.15, -0.1) is 12.4 Å². The van der Waals surface area contributed by atoms with Crippen molar-refractivity contribution in [2.45, 2.75) is 58.8 Å². The third kappa shape index (κ3) is 6.08. The number of nitrogens with one attached hydrogen (secondary N) is 1. The highest BCUT2D eigenvalue weighted by molar-refractivity contribution is 5.85. The molecule has 27 heavy (non-hydrogen) atoms. The lowest BCUT2D eigenvalue weighted by molar-refractivity contribution is -0.142.